The zero-order valence-electron chi connectivity index (χ0n) is 26.8. The number of nitrogens with one attached hydrogen (secondary N) is 3. The summed E-state index contributed by atoms with van der Waals surface area (Å²) < 4.78 is 62.0. The molecule has 3 N–H and O–H groups in total. The molecule has 5 rings (SSSR count). The van der Waals surface area contributed by atoms with E-state index in [4.69, 9.17) is 9.72 Å². The van der Waals surface area contributed by atoms with E-state index in [1.54, 1.807) is 6.07 Å². The fourth-order valence-corrected chi connectivity index (χ4v) is 7.52. The highest BCUT2D eigenvalue weighted by molar-refractivity contribution is 7.99. The topological polar surface area (TPSA) is 185 Å². The van der Waals surface area contributed by atoms with Crippen molar-refractivity contribution < 1.29 is 31.7 Å². The molecule has 260 valence electrons. The van der Waals surface area contributed by atoms with Gasteiger partial charge >= 0.3 is 5.69 Å². The van der Waals surface area contributed by atoms with E-state index < -0.39 is 48.3 Å². The first-order chi connectivity index (χ1) is 23.3. The third-order valence-corrected chi connectivity index (χ3v) is 10.5. The van der Waals surface area contributed by atoms with Crippen molar-refractivity contribution in [1.29, 1.82) is 0 Å². The highest BCUT2D eigenvalue weighted by Crippen LogP contribution is 2.40. The maximum atomic E-state index is 15.5. The van der Waals surface area contributed by atoms with Crippen LogP contribution >= 0.6 is 11.8 Å². The van der Waals surface area contributed by atoms with E-state index in [0.717, 1.165) is 54.9 Å². The van der Waals surface area contributed by atoms with Crippen molar-refractivity contribution >= 4 is 50.6 Å². The largest absolute Gasteiger partial charge is 0.490 e. The molecule has 1 saturated heterocycles. The van der Waals surface area contributed by atoms with Crippen LogP contribution in [0.3, 0.4) is 0 Å². The van der Waals surface area contributed by atoms with Crippen molar-refractivity contribution in [1.82, 2.24) is 25.5 Å². The number of nitrogens with zero attached hydrogens (tertiary/aromatic N) is 5. The highest BCUT2D eigenvalue weighted by atomic mass is 32.2. The third-order valence-electron chi connectivity index (χ3n) is 7.89. The van der Waals surface area contributed by atoms with Crippen LogP contribution in [-0.4, -0.2) is 66.2 Å². The number of aromatic nitrogens is 4. The number of rotatable bonds is 13. The van der Waals surface area contributed by atoms with Gasteiger partial charge in [0.25, 0.3) is 0 Å². The Balaban J connectivity index is 1.41. The number of methoxy groups -OCH3 is 1. The Morgan fingerprint density at radius 1 is 1.18 bits per heavy atom. The number of hydrogen-bond acceptors (Lipinski definition) is 12. The molecule has 2 aromatic carbocycles. The van der Waals surface area contributed by atoms with Gasteiger partial charge in [0.05, 0.1) is 27.6 Å². The number of aryl methyl sites for hydroxylation is 1. The zero-order chi connectivity index (χ0) is 35.3. The molecule has 49 heavy (non-hydrogen) atoms. The Morgan fingerprint density at radius 2 is 1.94 bits per heavy atom. The summed E-state index contributed by atoms with van der Waals surface area (Å²) in [7, 11) is -2.79. The van der Waals surface area contributed by atoms with Crippen LogP contribution in [-0.2, 0) is 20.4 Å². The summed E-state index contributed by atoms with van der Waals surface area (Å²) >= 11 is 0.869. The first-order valence-electron chi connectivity index (χ1n) is 15.2. The first kappa shape index (κ1) is 35.5. The molecule has 0 atom stereocenters. The Labute approximate surface area is 285 Å². The minimum absolute atomic E-state index is 0.0230. The van der Waals surface area contributed by atoms with Gasteiger partial charge in [0.15, 0.2) is 32.4 Å². The Morgan fingerprint density at radius 3 is 2.57 bits per heavy atom. The van der Waals surface area contributed by atoms with Gasteiger partial charge in [-0.15, -0.1) is 0 Å². The van der Waals surface area contributed by atoms with Gasteiger partial charge in [-0.2, -0.15) is 9.49 Å². The molecule has 2 aromatic heterocycles. The van der Waals surface area contributed by atoms with Crippen molar-refractivity contribution in [2.45, 2.75) is 53.8 Å². The molecule has 18 heteroatoms. The van der Waals surface area contributed by atoms with Crippen LogP contribution in [0.4, 0.5) is 31.9 Å². The second-order valence-electron chi connectivity index (χ2n) is 11.4. The van der Waals surface area contributed by atoms with E-state index in [0.29, 0.717) is 42.9 Å². The van der Waals surface area contributed by atoms with Crippen LogP contribution in [0.1, 0.15) is 37.4 Å². The van der Waals surface area contributed by atoms with Crippen LogP contribution in [0, 0.1) is 34.6 Å². The van der Waals surface area contributed by atoms with Crippen molar-refractivity contribution in [3.63, 3.8) is 0 Å². The molecule has 4 aromatic rings. The number of sulfone groups is 1. The molecular weight excluding hydrogens is 683 g/mol. The molecule has 0 bridgehead atoms. The number of benzene rings is 2. The second-order valence-corrected chi connectivity index (χ2v) is 14.4. The fourth-order valence-electron chi connectivity index (χ4n) is 5.40. The Kier molecular flexibility index (Phi) is 11.0. The van der Waals surface area contributed by atoms with E-state index in [-0.39, 0.29) is 21.8 Å². The number of halogens is 2. The number of anilines is 3. The van der Waals surface area contributed by atoms with Crippen molar-refractivity contribution in [2.24, 2.45) is 5.92 Å². The number of amides is 1. The zero-order valence-corrected chi connectivity index (χ0v) is 28.5. The number of aromatic amines is 1. The van der Waals surface area contributed by atoms with E-state index in [2.05, 4.69) is 30.7 Å². The minimum atomic E-state index is -4.28. The highest BCUT2D eigenvalue weighted by Gasteiger charge is 2.28. The molecule has 0 saturated carbocycles. The van der Waals surface area contributed by atoms with Gasteiger partial charge in [0, 0.05) is 49.9 Å². The molecular formula is C31H34F2N8O6S2. The number of carbonyl (C=O) groups excluding carboxylic acids is 1. The van der Waals surface area contributed by atoms with Crippen molar-refractivity contribution in [2.75, 3.05) is 37.0 Å². The standard InChI is InChI=1S/C31H34F2N8O6S2/c1-18-15-26(39-38-18)35-29-28(47-3)30(40-13-10-20(11-14-40)9-12-34-19(2)42)37-31(36-29)48-25-8-7-22(16-23(25)32)49(45,46)17-21-5-4-6-24(27(21)33)41(43)44/h4-8,15-16,20H,9-14,17H2,1-3H3,(H,34,42)(H2,35,36,37,38,39). The van der Waals surface area contributed by atoms with Crippen molar-refractivity contribution in [3.8, 4) is 5.75 Å². The molecule has 0 spiro atoms. The lowest BCUT2D eigenvalue weighted by atomic mass is 9.93. The lowest BCUT2D eigenvalue weighted by molar-refractivity contribution is -0.387. The predicted molar refractivity (Wildman–Crippen MR) is 178 cm³/mol. The monoisotopic (exact) mass is 716 g/mol. The van der Waals surface area contributed by atoms with Gasteiger partial charge in [0.1, 0.15) is 5.82 Å². The summed E-state index contributed by atoms with van der Waals surface area (Å²) in [5.41, 5.74) is -0.458. The Bertz CT molecular complexity index is 1970. The molecule has 14 nitrogen and oxygen atoms in total. The van der Waals surface area contributed by atoms with Crippen LogP contribution < -0.4 is 20.3 Å². The fraction of sp³-hybridized carbons (Fsp3) is 0.355. The van der Waals surface area contributed by atoms with Gasteiger partial charge in [-0.3, -0.25) is 20.0 Å². The maximum Gasteiger partial charge on any atom is 0.305 e. The van der Waals surface area contributed by atoms with Gasteiger partial charge in [-0.05, 0) is 62.1 Å². The number of carbonyl (C=O) groups is 1. The lowest BCUT2D eigenvalue weighted by Crippen LogP contribution is -2.36. The summed E-state index contributed by atoms with van der Waals surface area (Å²) in [6.07, 6.45) is 2.55. The SMILES string of the molecule is COc1c(Nc2cc(C)[nH]n2)nc(Sc2ccc(S(=O)(=O)Cc3cccc([N+](=O)[O-])c3F)cc2F)nc1N1CCC(CCNC(C)=O)CC1. The molecule has 1 fully saturated rings. The number of piperidine rings is 1. The van der Waals surface area contributed by atoms with Crippen LogP contribution in [0.25, 0.3) is 0 Å². The molecule has 1 amide bonds. The molecule has 1 aliphatic rings. The van der Waals surface area contributed by atoms with Gasteiger partial charge < -0.3 is 20.3 Å². The first-order valence-corrected chi connectivity index (χ1v) is 17.7. The number of hydrogen-bond donors (Lipinski definition) is 3. The molecule has 1 aliphatic heterocycles. The lowest BCUT2D eigenvalue weighted by Gasteiger charge is -2.34. The summed E-state index contributed by atoms with van der Waals surface area (Å²) in [6.45, 7) is 5.23. The summed E-state index contributed by atoms with van der Waals surface area (Å²) in [6, 6.07) is 8.26. The van der Waals surface area contributed by atoms with Crippen molar-refractivity contribution in [3.05, 3.63) is 75.5 Å². The van der Waals surface area contributed by atoms with Gasteiger partial charge in [-0.1, -0.05) is 12.1 Å². The van der Waals surface area contributed by atoms with Crippen LogP contribution in [0.2, 0.25) is 0 Å². The Hall–Kier alpha value is -4.84. The minimum Gasteiger partial charge on any atom is -0.490 e. The summed E-state index contributed by atoms with van der Waals surface area (Å²) in [5.74, 6) is -1.12. The normalized spacial score (nSPS) is 13.7. The third kappa shape index (κ3) is 8.61. The number of H-pyrrole nitrogens is 1. The second kappa shape index (κ2) is 15.1. The van der Waals surface area contributed by atoms with E-state index in [9.17, 15) is 27.7 Å². The number of nitro benzene ring substituents is 1. The van der Waals surface area contributed by atoms with Gasteiger partial charge in [0.2, 0.25) is 17.5 Å². The molecule has 3 heterocycles. The molecule has 0 radical (unpaired) electrons. The van der Waals surface area contributed by atoms with E-state index >= 15 is 4.39 Å². The quantitative estimate of drug-likeness (QED) is 0.0921. The number of nitro groups is 1. The van der Waals surface area contributed by atoms with E-state index in [1.165, 1.54) is 32.2 Å². The van der Waals surface area contributed by atoms with Gasteiger partial charge in [-0.25, -0.2) is 22.8 Å². The summed E-state index contributed by atoms with van der Waals surface area (Å²) in [5, 5.41) is 24.3. The predicted octanol–water partition coefficient (Wildman–Crippen LogP) is 5.31. The number of ether oxygens (including phenoxy) is 1. The molecule has 0 unspecified atom stereocenters. The maximum absolute atomic E-state index is 15.5. The summed E-state index contributed by atoms with van der Waals surface area (Å²) in [4.78, 5) is 32.4. The van der Waals surface area contributed by atoms with Crippen LogP contribution in [0.15, 0.2) is 57.4 Å². The average Bonchev–Trinajstić information content (AvgIpc) is 3.46. The molecule has 0 aliphatic carbocycles. The van der Waals surface area contributed by atoms with Crippen LogP contribution in [0.5, 0.6) is 5.75 Å². The smallest absolute Gasteiger partial charge is 0.305 e. The van der Waals surface area contributed by atoms with E-state index in [1.807, 2.05) is 6.92 Å². The average molecular weight is 717 g/mol.